The molecular formula is C20H26N2O3S2. The highest BCUT2D eigenvalue weighted by molar-refractivity contribution is 8.76. The van der Waals surface area contributed by atoms with Crippen LogP contribution in [0.5, 0.6) is 0 Å². The van der Waals surface area contributed by atoms with Crippen LogP contribution in [0.2, 0.25) is 0 Å². The van der Waals surface area contributed by atoms with E-state index >= 15 is 0 Å². The van der Waals surface area contributed by atoms with Crippen molar-refractivity contribution >= 4 is 38.4 Å². The molecule has 0 bridgehead atoms. The van der Waals surface area contributed by atoms with Crippen LogP contribution >= 0.6 is 21.6 Å². The molecule has 1 aromatic carbocycles. The Balaban J connectivity index is 1.96. The Morgan fingerprint density at radius 2 is 2.30 bits per heavy atom. The minimum Gasteiger partial charge on any atom is -0.383 e. The molecule has 3 rings (SSSR count). The summed E-state index contributed by atoms with van der Waals surface area (Å²) < 4.78 is 11.1. The first kappa shape index (κ1) is 20.5. The number of nitrogens with zero attached hydrogens (tertiary/aromatic N) is 2. The zero-order chi connectivity index (χ0) is 19.2. The van der Waals surface area contributed by atoms with Gasteiger partial charge in [0.25, 0.3) is 5.91 Å². The monoisotopic (exact) mass is 406 g/mol. The number of pyridine rings is 1. The van der Waals surface area contributed by atoms with Gasteiger partial charge >= 0.3 is 0 Å². The second-order valence-electron chi connectivity index (χ2n) is 6.66. The predicted molar refractivity (Wildman–Crippen MR) is 112 cm³/mol. The molecule has 2 atom stereocenters. The number of aromatic nitrogens is 1. The Morgan fingerprint density at radius 1 is 1.44 bits per heavy atom. The Hall–Kier alpha value is -1.28. The van der Waals surface area contributed by atoms with Crippen LogP contribution in [0.3, 0.4) is 0 Å². The third kappa shape index (κ3) is 4.77. The minimum absolute atomic E-state index is 0.00810. The molecule has 27 heavy (non-hydrogen) atoms. The first-order chi connectivity index (χ1) is 13.2. The molecule has 0 radical (unpaired) electrons. The molecular weight excluding hydrogens is 380 g/mol. The number of benzene rings is 1. The molecule has 7 heteroatoms. The summed E-state index contributed by atoms with van der Waals surface area (Å²) in [4.78, 5) is 21.0. The Labute approximate surface area is 168 Å². The zero-order valence-corrected chi connectivity index (χ0v) is 17.6. The molecule has 1 fully saturated rings. The lowest BCUT2D eigenvalue weighted by Crippen LogP contribution is -2.45. The average molecular weight is 407 g/mol. The Kier molecular flexibility index (Phi) is 7.41. The number of carbonyl (C=O) groups excluding carboxylic acids is 1. The van der Waals surface area contributed by atoms with Crippen LogP contribution < -0.4 is 0 Å². The number of fused-ring (bicyclic) bond motifs is 1. The molecule has 1 aromatic heterocycles. The molecule has 2 heterocycles. The normalized spacial score (nSPS) is 18.0. The SMILES string of the molecule is COCC(C)N(CC1CCCO1)C(=O)c1ccc(SSC)c2ncccc12. The molecule has 2 aromatic rings. The molecule has 0 spiro atoms. The first-order valence-corrected chi connectivity index (χ1v) is 11.7. The quantitative estimate of drug-likeness (QED) is 0.611. The molecule has 1 aliphatic heterocycles. The zero-order valence-electron chi connectivity index (χ0n) is 16.0. The van der Waals surface area contributed by atoms with Crippen molar-refractivity contribution < 1.29 is 14.3 Å². The van der Waals surface area contributed by atoms with Gasteiger partial charge in [-0.05, 0) is 44.2 Å². The van der Waals surface area contributed by atoms with Gasteiger partial charge in [-0.1, -0.05) is 27.7 Å². The van der Waals surface area contributed by atoms with Gasteiger partial charge in [-0.15, -0.1) is 0 Å². The summed E-state index contributed by atoms with van der Waals surface area (Å²) in [6.45, 7) is 3.88. The average Bonchev–Trinajstić information content (AvgIpc) is 3.19. The maximum Gasteiger partial charge on any atom is 0.254 e. The molecule has 1 amide bonds. The van der Waals surface area contributed by atoms with Crippen LogP contribution in [0.4, 0.5) is 0 Å². The summed E-state index contributed by atoms with van der Waals surface area (Å²) >= 11 is 0. The van der Waals surface area contributed by atoms with Gasteiger partial charge in [0.2, 0.25) is 0 Å². The van der Waals surface area contributed by atoms with E-state index in [-0.39, 0.29) is 18.1 Å². The lowest BCUT2D eigenvalue weighted by atomic mass is 10.1. The fourth-order valence-corrected chi connectivity index (χ4v) is 4.93. The van der Waals surface area contributed by atoms with E-state index in [9.17, 15) is 4.79 Å². The summed E-state index contributed by atoms with van der Waals surface area (Å²) in [6, 6.07) is 7.75. The molecule has 1 saturated heterocycles. The van der Waals surface area contributed by atoms with Crippen LogP contribution in [0.25, 0.3) is 10.9 Å². The molecule has 0 saturated carbocycles. The van der Waals surface area contributed by atoms with E-state index in [4.69, 9.17) is 9.47 Å². The van der Waals surface area contributed by atoms with Crippen molar-refractivity contribution in [2.75, 3.05) is 33.1 Å². The second-order valence-corrected chi connectivity index (χ2v) is 9.10. The standard InChI is InChI=1S/C20H26N2O3S2/c1-14(13-24-2)22(12-15-6-5-11-25-15)20(23)17-8-9-18(27-26-3)19-16(17)7-4-10-21-19/h4,7-10,14-15H,5-6,11-13H2,1-3H3. The van der Waals surface area contributed by atoms with Gasteiger partial charge in [-0.25, -0.2) is 0 Å². The van der Waals surface area contributed by atoms with Gasteiger partial charge in [0.1, 0.15) is 0 Å². The van der Waals surface area contributed by atoms with Gasteiger partial charge in [-0.2, -0.15) is 0 Å². The fourth-order valence-electron chi connectivity index (χ4n) is 3.45. The number of hydrogen-bond donors (Lipinski definition) is 0. The van der Waals surface area contributed by atoms with Gasteiger partial charge < -0.3 is 14.4 Å². The van der Waals surface area contributed by atoms with Crippen molar-refractivity contribution in [2.24, 2.45) is 0 Å². The maximum atomic E-state index is 13.5. The third-order valence-electron chi connectivity index (χ3n) is 4.76. The molecule has 1 aliphatic rings. The molecule has 2 unspecified atom stereocenters. The number of methoxy groups -OCH3 is 1. The molecule has 0 aliphatic carbocycles. The summed E-state index contributed by atoms with van der Waals surface area (Å²) in [7, 11) is 5.00. The van der Waals surface area contributed by atoms with Gasteiger partial charge in [0.05, 0.1) is 24.3 Å². The molecule has 0 N–H and O–H groups in total. The van der Waals surface area contributed by atoms with Gasteiger partial charge in [0, 0.05) is 42.3 Å². The van der Waals surface area contributed by atoms with Crippen LogP contribution in [0.15, 0.2) is 35.4 Å². The van der Waals surface area contributed by atoms with Crippen molar-refractivity contribution in [3.63, 3.8) is 0 Å². The Morgan fingerprint density at radius 3 is 3.00 bits per heavy atom. The summed E-state index contributed by atoms with van der Waals surface area (Å²) in [5.41, 5.74) is 1.56. The van der Waals surface area contributed by atoms with Crippen LogP contribution in [-0.2, 0) is 9.47 Å². The smallest absolute Gasteiger partial charge is 0.254 e. The third-order valence-corrected chi connectivity index (χ3v) is 6.48. The number of rotatable bonds is 8. The van der Waals surface area contributed by atoms with Crippen LogP contribution in [-0.4, -0.2) is 61.1 Å². The highest BCUT2D eigenvalue weighted by Crippen LogP contribution is 2.35. The van der Waals surface area contributed by atoms with Crippen molar-refractivity contribution in [3.8, 4) is 0 Å². The van der Waals surface area contributed by atoms with Crippen molar-refractivity contribution in [1.82, 2.24) is 9.88 Å². The summed E-state index contributed by atoms with van der Waals surface area (Å²) in [5, 5.41) is 0.892. The van der Waals surface area contributed by atoms with Crippen molar-refractivity contribution in [2.45, 2.75) is 36.8 Å². The van der Waals surface area contributed by atoms with Gasteiger partial charge in [0.15, 0.2) is 0 Å². The topological polar surface area (TPSA) is 51.7 Å². The molecule has 5 nitrogen and oxygen atoms in total. The van der Waals surface area contributed by atoms with E-state index < -0.39 is 0 Å². The molecule has 146 valence electrons. The first-order valence-electron chi connectivity index (χ1n) is 9.15. The van der Waals surface area contributed by atoms with E-state index in [0.29, 0.717) is 18.7 Å². The van der Waals surface area contributed by atoms with E-state index in [1.165, 1.54) is 0 Å². The van der Waals surface area contributed by atoms with E-state index in [1.54, 1.807) is 34.9 Å². The highest BCUT2D eigenvalue weighted by atomic mass is 33.1. The number of amides is 1. The highest BCUT2D eigenvalue weighted by Gasteiger charge is 2.28. The Bertz CT molecular complexity index is 781. The van der Waals surface area contributed by atoms with E-state index in [0.717, 1.165) is 35.2 Å². The lowest BCUT2D eigenvalue weighted by molar-refractivity contribution is 0.0304. The van der Waals surface area contributed by atoms with E-state index in [2.05, 4.69) is 4.98 Å². The predicted octanol–water partition coefficient (Wildman–Crippen LogP) is 4.26. The summed E-state index contributed by atoms with van der Waals surface area (Å²) in [5.74, 6) is 0.00810. The largest absolute Gasteiger partial charge is 0.383 e. The second kappa shape index (κ2) is 9.78. The summed E-state index contributed by atoms with van der Waals surface area (Å²) in [6.07, 6.45) is 5.96. The minimum atomic E-state index is -0.0290. The fraction of sp³-hybridized carbons (Fsp3) is 0.500. The van der Waals surface area contributed by atoms with Crippen molar-refractivity contribution in [3.05, 3.63) is 36.0 Å². The van der Waals surface area contributed by atoms with Crippen molar-refractivity contribution in [1.29, 1.82) is 0 Å². The number of ether oxygens (including phenoxy) is 2. The van der Waals surface area contributed by atoms with Crippen LogP contribution in [0.1, 0.15) is 30.1 Å². The maximum absolute atomic E-state index is 13.5. The number of hydrogen-bond acceptors (Lipinski definition) is 6. The van der Waals surface area contributed by atoms with Gasteiger partial charge in [-0.3, -0.25) is 9.78 Å². The van der Waals surface area contributed by atoms with E-state index in [1.807, 2.05) is 42.3 Å². The number of carbonyl (C=O) groups is 1. The van der Waals surface area contributed by atoms with Crippen LogP contribution in [0, 0.1) is 0 Å². The lowest BCUT2D eigenvalue weighted by Gasteiger charge is -2.31.